The van der Waals surface area contributed by atoms with Gasteiger partial charge in [-0.2, -0.15) is 0 Å². The standard InChI is InChI=1S/C9H13NO/c1-4-9(11)10-7-5-6-8(2)3/h4,8H,1,7H2,2-3H3,(H,10,11). The molecular formula is C9H13NO. The number of amides is 1. The Hall–Kier alpha value is -1.23. The summed E-state index contributed by atoms with van der Waals surface area (Å²) in [7, 11) is 0. The number of carbonyl (C=O) groups is 1. The molecule has 0 spiro atoms. The highest BCUT2D eigenvalue weighted by Gasteiger charge is 1.87. The highest BCUT2D eigenvalue weighted by molar-refractivity contribution is 5.86. The van der Waals surface area contributed by atoms with Gasteiger partial charge in [-0.15, -0.1) is 0 Å². The zero-order valence-corrected chi connectivity index (χ0v) is 6.98. The number of hydrogen-bond acceptors (Lipinski definition) is 1. The van der Waals surface area contributed by atoms with Crippen LogP contribution in [0.4, 0.5) is 0 Å². The molecule has 0 saturated heterocycles. The highest BCUT2D eigenvalue weighted by Crippen LogP contribution is 1.84. The lowest BCUT2D eigenvalue weighted by molar-refractivity contribution is -0.116. The van der Waals surface area contributed by atoms with Crippen LogP contribution in [0, 0.1) is 17.8 Å². The van der Waals surface area contributed by atoms with Gasteiger partial charge in [0.15, 0.2) is 0 Å². The van der Waals surface area contributed by atoms with Crippen molar-refractivity contribution in [3.05, 3.63) is 12.7 Å². The molecule has 0 aromatic carbocycles. The minimum absolute atomic E-state index is 0.178. The largest absolute Gasteiger partial charge is 0.342 e. The quantitative estimate of drug-likeness (QED) is 0.462. The molecule has 1 N–H and O–H groups in total. The molecule has 0 aliphatic rings. The van der Waals surface area contributed by atoms with E-state index in [1.54, 1.807) is 0 Å². The number of hydrogen-bond donors (Lipinski definition) is 1. The van der Waals surface area contributed by atoms with Crippen molar-refractivity contribution in [2.24, 2.45) is 5.92 Å². The summed E-state index contributed by atoms with van der Waals surface area (Å²) in [6.45, 7) is 7.72. The van der Waals surface area contributed by atoms with Gasteiger partial charge in [0, 0.05) is 5.92 Å². The van der Waals surface area contributed by atoms with Crippen LogP contribution in [0.25, 0.3) is 0 Å². The van der Waals surface area contributed by atoms with Crippen molar-refractivity contribution < 1.29 is 4.79 Å². The Labute approximate surface area is 67.7 Å². The summed E-state index contributed by atoms with van der Waals surface area (Å²) >= 11 is 0. The molecule has 2 heteroatoms. The monoisotopic (exact) mass is 151 g/mol. The summed E-state index contributed by atoms with van der Waals surface area (Å²) in [6.07, 6.45) is 1.23. The van der Waals surface area contributed by atoms with Crippen LogP contribution in [0.15, 0.2) is 12.7 Å². The third-order valence-corrected chi connectivity index (χ3v) is 0.927. The van der Waals surface area contributed by atoms with Crippen LogP contribution >= 0.6 is 0 Å². The Morgan fingerprint density at radius 2 is 2.36 bits per heavy atom. The number of rotatable bonds is 2. The Morgan fingerprint density at radius 3 is 2.82 bits per heavy atom. The first-order valence-corrected chi connectivity index (χ1v) is 3.55. The summed E-state index contributed by atoms with van der Waals surface area (Å²) in [5.41, 5.74) is 0. The van der Waals surface area contributed by atoms with Crippen LogP contribution in [-0.4, -0.2) is 12.5 Å². The second kappa shape index (κ2) is 5.55. The lowest BCUT2D eigenvalue weighted by Gasteiger charge is -1.92. The predicted octanol–water partition coefficient (Wildman–Crippen LogP) is 0.948. The minimum Gasteiger partial charge on any atom is -0.342 e. The van der Waals surface area contributed by atoms with Gasteiger partial charge < -0.3 is 5.32 Å². The van der Waals surface area contributed by atoms with Crippen molar-refractivity contribution in [3.63, 3.8) is 0 Å². The fourth-order valence-corrected chi connectivity index (χ4v) is 0.459. The molecule has 0 bridgehead atoms. The zero-order valence-electron chi connectivity index (χ0n) is 6.98. The van der Waals surface area contributed by atoms with E-state index in [0.717, 1.165) is 0 Å². The van der Waals surface area contributed by atoms with E-state index in [0.29, 0.717) is 12.5 Å². The molecule has 60 valence electrons. The SMILES string of the molecule is C=CC(=O)NCC#CC(C)C. The van der Waals surface area contributed by atoms with Crippen molar-refractivity contribution >= 4 is 5.91 Å². The summed E-state index contributed by atoms with van der Waals surface area (Å²) in [6, 6.07) is 0. The average molecular weight is 151 g/mol. The van der Waals surface area contributed by atoms with Crippen LogP contribution in [0.5, 0.6) is 0 Å². The van der Waals surface area contributed by atoms with Crippen LogP contribution in [0.1, 0.15) is 13.8 Å². The predicted molar refractivity (Wildman–Crippen MR) is 45.8 cm³/mol. The molecule has 0 aliphatic carbocycles. The van der Waals surface area contributed by atoms with Crippen molar-refractivity contribution in [3.8, 4) is 11.8 Å². The molecule has 0 fully saturated rings. The molecule has 2 nitrogen and oxygen atoms in total. The molecule has 11 heavy (non-hydrogen) atoms. The van der Waals surface area contributed by atoms with Crippen LogP contribution < -0.4 is 5.32 Å². The van der Waals surface area contributed by atoms with Gasteiger partial charge in [-0.1, -0.05) is 32.3 Å². The van der Waals surface area contributed by atoms with Crippen molar-refractivity contribution in [2.45, 2.75) is 13.8 Å². The van der Waals surface area contributed by atoms with Gasteiger partial charge in [0.2, 0.25) is 5.91 Å². The van der Waals surface area contributed by atoms with Gasteiger partial charge in [0.1, 0.15) is 0 Å². The lowest BCUT2D eigenvalue weighted by Crippen LogP contribution is -2.20. The molecule has 0 radical (unpaired) electrons. The average Bonchev–Trinajstić information content (AvgIpc) is 1.97. The first-order valence-electron chi connectivity index (χ1n) is 3.55. The smallest absolute Gasteiger partial charge is 0.244 e. The van der Waals surface area contributed by atoms with E-state index in [1.165, 1.54) is 6.08 Å². The van der Waals surface area contributed by atoms with Crippen molar-refractivity contribution in [2.75, 3.05) is 6.54 Å². The molecule has 0 aromatic rings. The van der Waals surface area contributed by atoms with Gasteiger partial charge in [-0.3, -0.25) is 4.79 Å². The Balaban J connectivity index is 3.51. The molecule has 0 saturated carbocycles. The summed E-state index contributed by atoms with van der Waals surface area (Å²) in [5.74, 6) is 5.93. The molecular weight excluding hydrogens is 138 g/mol. The van der Waals surface area contributed by atoms with E-state index in [1.807, 2.05) is 13.8 Å². The third-order valence-electron chi connectivity index (χ3n) is 0.927. The first kappa shape index (κ1) is 9.77. The van der Waals surface area contributed by atoms with Gasteiger partial charge in [-0.05, 0) is 6.08 Å². The molecule has 0 heterocycles. The summed E-state index contributed by atoms with van der Waals surface area (Å²) < 4.78 is 0. The fraction of sp³-hybridized carbons (Fsp3) is 0.444. The lowest BCUT2D eigenvalue weighted by atomic mass is 10.2. The van der Waals surface area contributed by atoms with E-state index in [9.17, 15) is 4.79 Å². The third kappa shape index (κ3) is 6.66. The van der Waals surface area contributed by atoms with Gasteiger partial charge in [-0.25, -0.2) is 0 Å². The topological polar surface area (TPSA) is 29.1 Å². The molecule has 0 unspecified atom stereocenters. The zero-order chi connectivity index (χ0) is 8.69. The Morgan fingerprint density at radius 1 is 1.73 bits per heavy atom. The van der Waals surface area contributed by atoms with E-state index in [4.69, 9.17) is 0 Å². The van der Waals surface area contributed by atoms with Crippen LogP contribution in [0.3, 0.4) is 0 Å². The molecule has 0 aliphatic heterocycles. The van der Waals surface area contributed by atoms with Crippen LogP contribution in [-0.2, 0) is 4.79 Å². The Kier molecular flexibility index (Phi) is 4.93. The maximum absolute atomic E-state index is 10.6. The highest BCUT2D eigenvalue weighted by atomic mass is 16.1. The summed E-state index contributed by atoms with van der Waals surface area (Å²) in [4.78, 5) is 10.6. The van der Waals surface area contributed by atoms with Crippen molar-refractivity contribution in [1.82, 2.24) is 5.32 Å². The Bertz CT molecular complexity index is 195. The van der Waals surface area contributed by atoms with E-state index < -0.39 is 0 Å². The van der Waals surface area contributed by atoms with Crippen LogP contribution in [0.2, 0.25) is 0 Å². The van der Waals surface area contributed by atoms with E-state index in [-0.39, 0.29) is 5.91 Å². The molecule has 0 rings (SSSR count). The molecule has 0 atom stereocenters. The van der Waals surface area contributed by atoms with Gasteiger partial charge in [0.05, 0.1) is 6.54 Å². The first-order chi connectivity index (χ1) is 5.16. The fourth-order valence-electron chi connectivity index (χ4n) is 0.459. The molecule has 0 aromatic heterocycles. The maximum atomic E-state index is 10.6. The van der Waals surface area contributed by atoms with E-state index >= 15 is 0 Å². The normalized spacial score (nSPS) is 8.27. The van der Waals surface area contributed by atoms with Crippen molar-refractivity contribution in [1.29, 1.82) is 0 Å². The minimum atomic E-state index is -0.178. The second-order valence-corrected chi connectivity index (χ2v) is 2.40. The van der Waals surface area contributed by atoms with E-state index in [2.05, 4.69) is 23.7 Å². The number of carbonyl (C=O) groups excluding carboxylic acids is 1. The number of nitrogens with one attached hydrogen (secondary N) is 1. The maximum Gasteiger partial charge on any atom is 0.244 e. The summed E-state index contributed by atoms with van der Waals surface area (Å²) in [5, 5.41) is 2.56. The molecule has 1 amide bonds. The second-order valence-electron chi connectivity index (χ2n) is 2.40. The van der Waals surface area contributed by atoms with Gasteiger partial charge in [0.25, 0.3) is 0 Å². The van der Waals surface area contributed by atoms with Gasteiger partial charge >= 0.3 is 0 Å².